The van der Waals surface area contributed by atoms with Gasteiger partial charge in [0.1, 0.15) is 0 Å². The van der Waals surface area contributed by atoms with E-state index in [1.165, 1.54) is 14.2 Å². The van der Waals surface area contributed by atoms with Crippen LogP contribution in [0.15, 0.2) is 12.1 Å². The van der Waals surface area contributed by atoms with E-state index in [0.717, 1.165) is 5.56 Å². The highest BCUT2D eigenvalue weighted by molar-refractivity contribution is 5.54. The van der Waals surface area contributed by atoms with Gasteiger partial charge in [0.05, 0.1) is 14.2 Å². The van der Waals surface area contributed by atoms with Gasteiger partial charge in [-0.1, -0.05) is 0 Å². The lowest BCUT2D eigenvalue weighted by molar-refractivity contribution is -0.0526. The van der Waals surface area contributed by atoms with Gasteiger partial charge in [-0.05, 0) is 31.0 Å². The molecule has 1 aromatic carbocycles. The number of halogens is 2. The fraction of sp³-hybridized carbons (Fsp3) is 0.500. The second kappa shape index (κ2) is 6.39. The number of hydrogen-bond donors (Lipinski definition) is 1. The molecule has 0 saturated carbocycles. The van der Waals surface area contributed by atoms with Crippen LogP contribution in [0.5, 0.6) is 17.2 Å². The SMILES string of the molecule is COc1cc(CC(C)N)cc(OC)c1OC(F)F. The van der Waals surface area contributed by atoms with E-state index < -0.39 is 6.61 Å². The molecule has 0 heterocycles. The minimum Gasteiger partial charge on any atom is -0.493 e. The Hall–Kier alpha value is -1.56. The Bertz CT molecular complexity index is 372. The van der Waals surface area contributed by atoms with Crippen molar-refractivity contribution in [3.8, 4) is 17.2 Å². The van der Waals surface area contributed by atoms with Crippen molar-refractivity contribution in [1.29, 1.82) is 0 Å². The predicted octanol–water partition coefficient (Wildman–Crippen LogP) is 2.19. The number of methoxy groups -OCH3 is 2. The molecule has 0 aromatic heterocycles. The number of alkyl halides is 2. The zero-order valence-corrected chi connectivity index (χ0v) is 10.6. The molecule has 0 radical (unpaired) electrons. The first kappa shape index (κ1) is 14.5. The Labute approximate surface area is 105 Å². The third kappa shape index (κ3) is 3.73. The van der Waals surface area contributed by atoms with Crippen LogP contribution in [0.25, 0.3) is 0 Å². The van der Waals surface area contributed by atoms with Crippen molar-refractivity contribution in [2.24, 2.45) is 5.73 Å². The summed E-state index contributed by atoms with van der Waals surface area (Å²) in [5.41, 5.74) is 6.53. The molecule has 2 N–H and O–H groups in total. The highest BCUT2D eigenvalue weighted by atomic mass is 19.3. The highest BCUT2D eigenvalue weighted by Gasteiger charge is 2.18. The molecule has 18 heavy (non-hydrogen) atoms. The van der Waals surface area contributed by atoms with Gasteiger partial charge in [-0.15, -0.1) is 0 Å². The monoisotopic (exact) mass is 261 g/mol. The second-order valence-electron chi connectivity index (χ2n) is 3.89. The summed E-state index contributed by atoms with van der Waals surface area (Å²) in [4.78, 5) is 0. The van der Waals surface area contributed by atoms with Gasteiger partial charge >= 0.3 is 6.61 Å². The number of nitrogens with two attached hydrogens (primary N) is 1. The molecule has 1 atom stereocenters. The standard InChI is InChI=1S/C12H17F2NO3/c1-7(15)4-8-5-9(16-2)11(18-12(13)14)10(6-8)17-3/h5-7,12H,4,15H2,1-3H3. The molecule has 0 amide bonds. The van der Waals surface area contributed by atoms with E-state index in [1.807, 2.05) is 6.92 Å². The lowest BCUT2D eigenvalue weighted by atomic mass is 10.1. The Morgan fingerprint density at radius 2 is 1.67 bits per heavy atom. The molecule has 102 valence electrons. The normalized spacial score (nSPS) is 12.4. The molecule has 0 aliphatic heterocycles. The highest BCUT2D eigenvalue weighted by Crippen LogP contribution is 2.39. The summed E-state index contributed by atoms with van der Waals surface area (Å²) in [5.74, 6) is 0.291. The molecule has 1 aromatic rings. The Morgan fingerprint density at radius 3 is 2.00 bits per heavy atom. The summed E-state index contributed by atoms with van der Waals surface area (Å²) < 4.78 is 39.1. The van der Waals surface area contributed by atoms with Crippen molar-refractivity contribution in [2.75, 3.05) is 14.2 Å². The first-order chi connectivity index (χ1) is 8.47. The van der Waals surface area contributed by atoms with Crippen molar-refractivity contribution in [3.05, 3.63) is 17.7 Å². The average Bonchev–Trinajstić information content (AvgIpc) is 2.29. The maximum absolute atomic E-state index is 12.3. The van der Waals surface area contributed by atoms with Crippen molar-refractivity contribution in [1.82, 2.24) is 0 Å². The van der Waals surface area contributed by atoms with Gasteiger partial charge in [0, 0.05) is 6.04 Å². The van der Waals surface area contributed by atoms with E-state index in [9.17, 15) is 8.78 Å². The lowest BCUT2D eigenvalue weighted by Crippen LogP contribution is -2.18. The first-order valence-electron chi connectivity index (χ1n) is 5.43. The third-order valence-corrected chi connectivity index (χ3v) is 2.29. The largest absolute Gasteiger partial charge is 0.493 e. The summed E-state index contributed by atoms with van der Waals surface area (Å²) in [7, 11) is 2.76. The summed E-state index contributed by atoms with van der Waals surface area (Å²) in [6, 6.07) is 3.17. The van der Waals surface area contributed by atoms with Crippen LogP contribution >= 0.6 is 0 Å². The molecular weight excluding hydrogens is 244 g/mol. The summed E-state index contributed by atoms with van der Waals surface area (Å²) in [5, 5.41) is 0. The summed E-state index contributed by atoms with van der Waals surface area (Å²) in [6.07, 6.45) is 0.585. The van der Waals surface area contributed by atoms with Gasteiger partial charge < -0.3 is 19.9 Å². The van der Waals surface area contributed by atoms with Crippen molar-refractivity contribution < 1.29 is 23.0 Å². The van der Waals surface area contributed by atoms with Crippen molar-refractivity contribution in [3.63, 3.8) is 0 Å². The third-order valence-electron chi connectivity index (χ3n) is 2.29. The number of ether oxygens (including phenoxy) is 3. The predicted molar refractivity (Wildman–Crippen MR) is 63.5 cm³/mol. The smallest absolute Gasteiger partial charge is 0.387 e. The molecule has 0 saturated heterocycles. The van der Waals surface area contributed by atoms with Gasteiger partial charge in [0.2, 0.25) is 5.75 Å². The Morgan fingerprint density at radius 1 is 1.17 bits per heavy atom. The molecule has 0 spiro atoms. The number of hydrogen-bond acceptors (Lipinski definition) is 4. The Kier molecular flexibility index (Phi) is 5.15. The van der Waals surface area contributed by atoms with Crippen LogP contribution in [-0.2, 0) is 6.42 Å². The molecule has 0 fully saturated rings. The van der Waals surface area contributed by atoms with Gasteiger partial charge in [0.15, 0.2) is 11.5 Å². The Balaban J connectivity index is 3.16. The zero-order valence-electron chi connectivity index (χ0n) is 10.6. The lowest BCUT2D eigenvalue weighted by Gasteiger charge is -2.16. The van der Waals surface area contributed by atoms with Crippen molar-refractivity contribution >= 4 is 0 Å². The van der Waals surface area contributed by atoms with Gasteiger partial charge in [-0.2, -0.15) is 8.78 Å². The van der Waals surface area contributed by atoms with E-state index in [0.29, 0.717) is 6.42 Å². The van der Waals surface area contributed by atoms with Crippen LogP contribution < -0.4 is 19.9 Å². The van der Waals surface area contributed by atoms with Crippen molar-refractivity contribution in [2.45, 2.75) is 26.0 Å². The molecule has 4 nitrogen and oxygen atoms in total. The van der Waals surface area contributed by atoms with Crippen LogP contribution in [0.3, 0.4) is 0 Å². The average molecular weight is 261 g/mol. The topological polar surface area (TPSA) is 53.7 Å². The van der Waals surface area contributed by atoms with E-state index in [2.05, 4.69) is 4.74 Å². The molecule has 0 bridgehead atoms. The molecule has 6 heteroatoms. The van der Waals surface area contributed by atoms with Crippen LogP contribution in [0, 0.1) is 0 Å². The van der Waals surface area contributed by atoms with Gasteiger partial charge in [0.25, 0.3) is 0 Å². The maximum Gasteiger partial charge on any atom is 0.387 e. The van der Waals surface area contributed by atoms with E-state index in [-0.39, 0.29) is 23.3 Å². The van der Waals surface area contributed by atoms with E-state index in [4.69, 9.17) is 15.2 Å². The van der Waals surface area contributed by atoms with Gasteiger partial charge in [-0.3, -0.25) is 0 Å². The van der Waals surface area contributed by atoms with Crippen LogP contribution in [0.2, 0.25) is 0 Å². The molecule has 0 aliphatic carbocycles. The van der Waals surface area contributed by atoms with Gasteiger partial charge in [-0.25, -0.2) is 0 Å². The number of benzene rings is 1. The van der Waals surface area contributed by atoms with E-state index >= 15 is 0 Å². The molecule has 0 aliphatic rings. The minimum atomic E-state index is -2.94. The summed E-state index contributed by atoms with van der Waals surface area (Å²) >= 11 is 0. The molecule has 1 unspecified atom stereocenters. The quantitative estimate of drug-likeness (QED) is 0.853. The maximum atomic E-state index is 12.3. The fourth-order valence-electron chi connectivity index (χ4n) is 1.63. The molecular formula is C12H17F2NO3. The molecule has 1 rings (SSSR count). The van der Waals surface area contributed by atoms with E-state index in [1.54, 1.807) is 12.1 Å². The second-order valence-corrected chi connectivity index (χ2v) is 3.89. The fourth-order valence-corrected chi connectivity index (χ4v) is 1.63. The number of rotatable bonds is 6. The summed E-state index contributed by atoms with van der Waals surface area (Å²) in [6.45, 7) is -1.09. The van der Waals surface area contributed by atoms with Crippen LogP contribution in [0.4, 0.5) is 8.78 Å². The van der Waals surface area contributed by atoms with Crippen LogP contribution in [0.1, 0.15) is 12.5 Å². The minimum absolute atomic E-state index is 0.0544. The first-order valence-corrected chi connectivity index (χ1v) is 5.43. The zero-order chi connectivity index (χ0) is 13.7. The van der Waals surface area contributed by atoms with Crippen LogP contribution in [-0.4, -0.2) is 26.9 Å².